The molecule has 1 amide bonds. The highest BCUT2D eigenvalue weighted by Crippen LogP contribution is 2.65. The van der Waals surface area contributed by atoms with Crippen LogP contribution in [0.25, 0.3) is 0 Å². The van der Waals surface area contributed by atoms with Gasteiger partial charge in [0.05, 0.1) is 5.41 Å². The van der Waals surface area contributed by atoms with Crippen LogP contribution in [-0.2, 0) is 10.2 Å². The fourth-order valence-corrected chi connectivity index (χ4v) is 6.14. The van der Waals surface area contributed by atoms with Gasteiger partial charge in [-0.15, -0.1) is 0 Å². The molecule has 1 aromatic carbocycles. The molecule has 1 N–H and O–H groups in total. The predicted octanol–water partition coefficient (Wildman–Crippen LogP) is 4.44. The lowest BCUT2D eigenvalue weighted by molar-refractivity contribution is -0.149. The van der Waals surface area contributed by atoms with Crippen molar-refractivity contribution >= 4 is 5.91 Å². The van der Waals surface area contributed by atoms with E-state index in [-0.39, 0.29) is 10.8 Å². The molecule has 124 valence electrons. The van der Waals surface area contributed by atoms with Crippen LogP contribution in [0.15, 0.2) is 30.3 Å². The van der Waals surface area contributed by atoms with E-state index in [1.165, 1.54) is 24.8 Å². The first-order valence-corrected chi connectivity index (χ1v) is 9.42. The Labute approximate surface area is 140 Å². The summed E-state index contributed by atoms with van der Waals surface area (Å²) in [6.07, 6.45) is 8.28. The Morgan fingerprint density at radius 2 is 1.83 bits per heavy atom. The van der Waals surface area contributed by atoms with Crippen molar-refractivity contribution in [2.45, 2.75) is 70.3 Å². The van der Waals surface area contributed by atoms with Gasteiger partial charge in [0.15, 0.2) is 0 Å². The SMILES string of the molecule is CC[C@H](C)NC(=O)C12C[C@@H]3C[C@@H](C1)CC(c1ccccc1)(C3)C2. The minimum atomic E-state index is -0.0939. The average Bonchev–Trinajstić information content (AvgIpc) is 2.54. The minimum absolute atomic E-state index is 0.0939. The second-order valence-corrected chi connectivity index (χ2v) is 8.67. The van der Waals surface area contributed by atoms with E-state index in [2.05, 4.69) is 49.5 Å². The highest BCUT2D eigenvalue weighted by atomic mass is 16.2. The summed E-state index contributed by atoms with van der Waals surface area (Å²) in [5.41, 5.74) is 1.65. The van der Waals surface area contributed by atoms with E-state index in [0.717, 1.165) is 37.5 Å². The third-order valence-electron chi connectivity index (χ3n) is 6.92. The van der Waals surface area contributed by atoms with Crippen molar-refractivity contribution in [3.8, 4) is 0 Å². The van der Waals surface area contributed by atoms with Crippen LogP contribution in [0.1, 0.15) is 64.4 Å². The van der Waals surface area contributed by atoms with Crippen molar-refractivity contribution in [2.24, 2.45) is 17.3 Å². The first-order chi connectivity index (χ1) is 11.1. The van der Waals surface area contributed by atoms with Crippen LogP contribution < -0.4 is 5.32 Å². The molecule has 0 aromatic heterocycles. The number of hydrogen-bond donors (Lipinski definition) is 1. The molecule has 23 heavy (non-hydrogen) atoms. The molecule has 5 rings (SSSR count). The third kappa shape index (κ3) is 2.42. The molecule has 3 atom stereocenters. The number of carbonyl (C=O) groups excluding carboxylic acids is 1. The van der Waals surface area contributed by atoms with E-state index in [1.807, 2.05) is 0 Å². The van der Waals surface area contributed by atoms with Gasteiger partial charge in [0.2, 0.25) is 5.91 Å². The summed E-state index contributed by atoms with van der Waals surface area (Å²) in [6, 6.07) is 11.3. The second-order valence-electron chi connectivity index (χ2n) is 8.67. The number of amides is 1. The van der Waals surface area contributed by atoms with Gasteiger partial charge in [-0.1, -0.05) is 37.3 Å². The summed E-state index contributed by atoms with van der Waals surface area (Å²) < 4.78 is 0. The van der Waals surface area contributed by atoms with Gasteiger partial charge in [-0.2, -0.15) is 0 Å². The molecule has 0 spiro atoms. The minimum Gasteiger partial charge on any atom is -0.353 e. The van der Waals surface area contributed by atoms with Crippen LogP contribution in [0.2, 0.25) is 0 Å². The predicted molar refractivity (Wildman–Crippen MR) is 93.1 cm³/mol. The fraction of sp³-hybridized carbons (Fsp3) is 0.667. The van der Waals surface area contributed by atoms with Crippen molar-refractivity contribution in [3.05, 3.63) is 35.9 Å². The smallest absolute Gasteiger partial charge is 0.226 e. The molecule has 4 aliphatic rings. The number of rotatable bonds is 4. The summed E-state index contributed by atoms with van der Waals surface area (Å²) in [4.78, 5) is 13.1. The molecule has 2 nitrogen and oxygen atoms in total. The molecule has 1 aromatic rings. The summed E-state index contributed by atoms with van der Waals surface area (Å²) >= 11 is 0. The number of nitrogens with one attached hydrogen (secondary N) is 1. The van der Waals surface area contributed by atoms with Gasteiger partial charge in [0, 0.05) is 6.04 Å². The maximum absolute atomic E-state index is 13.1. The highest BCUT2D eigenvalue weighted by Gasteiger charge is 2.60. The molecule has 0 radical (unpaired) electrons. The van der Waals surface area contributed by atoms with Crippen molar-refractivity contribution in [2.75, 3.05) is 0 Å². The molecule has 4 aliphatic carbocycles. The van der Waals surface area contributed by atoms with Crippen molar-refractivity contribution in [1.82, 2.24) is 5.32 Å². The lowest BCUT2D eigenvalue weighted by atomic mass is 9.42. The Balaban J connectivity index is 1.67. The zero-order valence-electron chi connectivity index (χ0n) is 14.5. The Morgan fingerprint density at radius 1 is 1.17 bits per heavy atom. The van der Waals surface area contributed by atoms with Crippen LogP contribution in [-0.4, -0.2) is 11.9 Å². The van der Waals surface area contributed by atoms with Crippen LogP contribution in [0.5, 0.6) is 0 Å². The van der Waals surface area contributed by atoms with Crippen molar-refractivity contribution in [1.29, 1.82) is 0 Å². The Kier molecular flexibility index (Phi) is 3.55. The standard InChI is InChI=1S/C21H29NO/c1-3-15(2)22-19(23)21-12-16-9-17(13-21)11-20(10-16,14-21)18-7-5-4-6-8-18/h4-8,15-17H,3,9-14H2,1-2H3,(H,22,23)/t15-,16+,17+,20?,21?/m0/s1. The molecule has 4 bridgehead atoms. The molecular weight excluding hydrogens is 282 g/mol. The molecule has 0 aliphatic heterocycles. The summed E-state index contributed by atoms with van der Waals surface area (Å²) in [5.74, 6) is 1.85. The van der Waals surface area contributed by atoms with Gasteiger partial charge >= 0.3 is 0 Å². The van der Waals surface area contributed by atoms with E-state index in [9.17, 15) is 4.79 Å². The molecule has 0 heterocycles. The molecule has 4 saturated carbocycles. The van der Waals surface area contributed by atoms with E-state index in [1.54, 1.807) is 0 Å². The zero-order valence-corrected chi connectivity index (χ0v) is 14.5. The number of benzene rings is 1. The van der Waals surface area contributed by atoms with E-state index in [0.29, 0.717) is 11.9 Å². The Bertz CT molecular complexity index is 579. The maximum Gasteiger partial charge on any atom is 0.226 e. The van der Waals surface area contributed by atoms with E-state index in [4.69, 9.17) is 0 Å². The summed E-state index contributed by atoms with van der Waals surface area (Å²) in [6.45, 7) is 4.28. The first-order valence-electron chi connectivity index (χ1n) is 9.42. The summed E-state index contributed by atoms with van der Waals surface area (Å²) in [7, 11) is 0. The zero-order chi connectivity index (χ0) is 16.1. The highest BCUT2D eigenvalue weighted by molar-refractivity contribution is 5.83. The molecule has 0 saturated heterocycles. The molecule has 4 fully saturated rings. The second kappa shape index (κ2) is 5.36. The van der Waals surface area contributed by atoms with Gasteiger partial charge in [0.1, 0.15) is 0 Å². The lowest BCUT2D eigenvalue weighted by Gasteiger charge is -2.61. The lowest BCUT2D eigenvalue weighted by Crippen LogP contribution is -2.59. The van der Waals surface area contributed by atoms with Crippen LogP contribution in [0, 0.1) is 17.3 Å². The van der Waals surface area contributed by atoms with Crippen LogP contribution >= 0.6 is 0 Å². The fourth-order valence-electron chi connectivity index (χ4n) is 6.14. The van der Waals surface area contributed by atoms with E-state index < -0.39 is 0 Å². The molecular formula is C21H29NO. The van der Waals surface area contributed by atoms with Gasteiger partial charge in [-0.05, 0) is 74.7 Å². The Morgan fingerprint density at radius 3 is 2.43 bits per heavy atom. The summed E-state index contributed by atoms with van der Waals surface area (Å²) in [5, 5.41) is 3.32. The van der Waals surface area contributed by atoms with Crippen molar-refractivity contribution in [3.63, 3.8) is 0 Å². The van der Waals surface area contributed by atoms with Crippen molar-refractivity contribution < 1.29 is 4.79 Å². The molecule has 2 heteroatoms. The van der Waals surface area contributed by atoms with E-state index >= 15 is 0 Å². The molecule has 0 unspecified atom stereocenters. The van der Waals surface area contributed by atoms with Crippen LogP contribution in [0.4, 0.5) is 0 Å². The topological polar surface area (TPSA) is 29.1 Å². The van der Waals surface area contributed by atoms with Gasteiger partial charge in [-0.25, -0.2) is 0 Å². The van der Waals surface area contributed by atoms with Gasteiger partial charge < -0.3 is 5.32 Å². The average molecular weight is 311 g/mol. The third-order valence-corrected chi connectivity index (χ3v) is 6.92. The Hall–Kier alpha value is -1.31. The normalized spacial score (nSPS) is 39.2. The number of hydrogen-bond acceptors (Lipinski definition) is 1. The number of carbonyl (C=O) groups is 1. The van der Waals surface area contributed by atoms with Gasteiger partial charge in [0.25, 0.3) is 0 Å². The van der Waals surface area contributed by atoms with Gasteiger partial charge in [-0.3, -0.25) is 4.79 Å². The van der Waals surface area contributed by atoms with Crippen LogP contribution in [0.3, 0.4) is 0 Å². The monoisotopic (exact) mass is 311 g/mol. The maximum atomic E-state index is 13.1. The largest absolute Gasteiger partial charge is 0.353 e. The quantitative estimate of drug-likeness (QED) is 0.875. The first kappa shape index (κ1) is 15.2.